The van der Waals surface area contributed by atoms with Crippen molar-refractivity contribution in [3.63, 3.8) is 0 Å². The molecular weight excluding hydrogens is 536 g/mol. The number of nitrogens with two attached hydrogens (primary N) is 1. The third kappa shape index (κ3) is 6.70. The third-order valence-corrected chi connectivity index (χ3v) is 7.22. The predicted molar refractivity (Wildman–Crippen MR) is 147 cm³/mol. The number of piperidine rings is 1. The van der Waals surface area contributed by atoms with Gasteiger partial charge in [-0.25, -0.2) is 9.98 Å². The van der Waals surface area contributed by atoms with Gasteiger partial charge in [0.25, 0.3) is 0 Å². The average molecular weight is 565 g/mol. The quantitative estimate of drug-likeness (QED) is 0.258. The van der Waals surface area contributed by atoms with Crippen molar-refractivity contribution in [2.45, 2.75) is 38.5 Å². The molecule has 4 rings (SSSR count). The van der Waals surface area contributed by atoms with Gasteiger partial charge in [-0.1, -0.05) is 54.0 Å². The highest BCUT2D eigenvalue weighted by atomic mass is 35.5. The number of halogens is 5. The molecule has 1 aromatic heterocycles. The summed E-state index contributed by atoms with van der Waals surface area (Å²) in [4.78, 5) is 8.96. The fourth-order valence-electron chi connectivity index (χ4n) is 4.52. The molecule has 0 saturated carbocycles. The van der Waals surface area contributed by atoms with Gasteiger partial charge in [0.05, 0.1) is 27.4 Å². The second kappa shape index (κ2) is 12.2. The van der Waals surface area contributed by atoms with Crippen LogP contribution in [0.1, 0.15) is 36.1 Å². The summed E-state index contributed by atoms with van der Waals surface area (Å²) in [5, 5.41) is 7.09. The van der Waals surface area contributed by atoms with Gasteiger partial charge in [-0.3, -0.25) is 0 Å². The molecule has 0 unspecified atom stereocenters. The number of imidazole rings is 1. The smallest absolute Gasteiger partial charge is 0.383 e. The second-order valence-electron chi connectivity index (χ2n) is 9.15. The van der Waals surface area contributed by atoms with E-state index in [1.165, 1.54) is 18.3 Å². The number of nitrogens with zero attached hydrogens (tertiary/aromatic N) is 3. The maximum absolute atomic E-state index is 13.3. The first kappa shape index (κ1) is 28.0. The molecule has 0 aliphatic carbocycles. The van der Waals surface area contributed by atoms with E-state index in [1.54, 1.807) is 24.3 Å². The van der Waals surface area contributed by atoms with Crippen molar-refractivity contribution in [2.75, 3.05) is 18.8 Å². The van der Waals surface area contributed by atoms with Gasteiger partial charge in [-0.15, -0.1) is 0 Å². The summed E-state index contributed by atoms with van der Waals surface area (Å²) in [6, 6.07) is 10.6. The Kier molecular flexibility index (Phi) is 9.02. The Bertz CT molecular complexity index is 1290. The number of anilines is 1. The van der Waals surface area contributed by atoms with Gasteiger partial charge < -0.3 is 20.9 Å². The molecule has 0 bridgehead atoms. The summed E-state index contributed by atoms with van der Waals surface area (Å²) in [5.41, 5.74) is 6.86. The zero-order chi connectivity index (χ0) is 27.3. The number of rotatable bonds is 9. The molecule has 0 spiro atoms. The first-order chi connectivity index (χ1) is 18.1. The summed E-state index contributed by atoms with van der Waals surface area (Å²) in [5.74, 6) is 1.66. The van der Waals surface area contributed by atoms with E-state index >= 15 is 0 Å². The lowest BCUT2D eigenvalue weighted by Gasteiger charge is -2.23. The Hall–Kier alpha value is -3.01. The second-order valence-corrected chi connectivity index (χ2v) is 9.96. The van der Waals surface area contributed by atoms with Gasteiger partial charge in [0, 0.05) is 13.1 Å². The number of aromatic nitrogens is 2. The topological polar surface area (TPSA) is 80.3 Å². The van der Waals surface area contributed by atoms with Crippen LogP contribution in [-0.4, -0.2) is 28.9 Å². The molecule has 202 valence electrons. The van der Waals surface area contributed by atoms with Gasteiger partial charge in [0.1, 0.15) is 23.2 Å². The summed E-state index contributed by atoms with van der Waals surface area (Å²) in [7, 11) is 0. The van der Waals surface area contributed by atoms with Crippen molar-refractivity contribution in [2.24, 2.45) is 10.9 Å². The van der Waals surface area contributed by atoms with Crippen LogP contribution in [0, 0.1) is 5.92 Å². The van der Waals surface area contributed by atoms with Gasteiger partial charge >= 0.3 is 6.18 Å². The van der Waals surface area contributed by atoms with Crippen LogP contribution in [0.5, 0.6) is 0 Å². The van der Waals surface area contributed by atoms with Crippen molar-refractivity contribution >= 4 is 35.2 Å². The Labute approximate surface area is 229 Å². The van der Waals surface area contributed by atoms with E-state index in [-0.39, 0.29) is 17.9 Å². The van der Waals surface area contributed by atoms with Crippen LogP contribution in [0.3, 0.4) is 0 Å². The van der Waals surface area contributed by atoms with Gasteiger partial charge in [0.15, 0.2) is 0 Å². The van der Waals surface area contributed by atoms with Crippen molar-refractivity contribution in [1.82, 2.24) is 20.2 Å². The molecule has 11 heteroatoms. The molecule has 1 aliphatic heterocycles. The number of alkyl halides is 3. The van der Waals surface area contributed by atoms with E-state index in [4.69, 9.17) is 33.9 Å². The highest BCUT2D eigenvalue weighted by Crippen LogP contribution is 2.36. The predicted octanol–water partition coefficient (Wildman–Crippen LogP) is 6.53. The molecule has 2 aromatic carbocycles. The van der Waals surface area contributed by atoms with E-state index < -0.39 is 11.7 Å². The maximum atomic E-state index is 13.3. The fraction of sp³-hybridized carbons (Fsp3) is 0.333. The number of nitrogens with one attached hydrogen (secondary N) is 2. The highest BCUT2D eigenvalue weighted by Gasteiger charge is 2.32. The lowest BCUT2D eigenvalue weighted by molar-refractivity contribution is -0.138. The van der Waals surface area contributed by atoms with E-state index in [0.29, 0.717) is 45.4 Å². The van der Waals surface area contributed by atoms with E-state index in [1.807, 2.05) is 4.57 Å². The Morgan fingerprint density at radius 3 is 2.53 bits per heavy atom. The van der Waals surface area contributed by atoms with Gasteiger partial charge in [0.2, 0.25) is 0 Å². The standard InChI is InChI=1S/C27H29Cl2F3N6/c1-17(35-15-19-5-2-3-6-20(19)27(30,31)32)36-16-23-25(33)38(14-11-18-9-12-34-13-10-18)26(37-23)24-21(28)7-4-8-22(24)29/h2-8,16,18,34-35H,1,9-15,33H2/b36-16-. The molecule has 6 nitrogen and oxygen atoms in total. The summed E-state index contributed by atoms with van der Waals surface area (Å²) < 4.78 is 41.7. The number of nitrogen functional groups attached to an aromatic ring is 1. The SMILES string of the molecule is C=C(/N=C\c1nc(-c2c(Cl)cccc2Cl)n(CCC2CCNCC2)c1N)NCc1ccccc1C(F)(F)F. The zero-order valence-electron chi connectivity index (χ0n) is 20.7. The van der Waals surface area contributed by atoms with E-state index in [2.05, 4.69) is 22.2 Å². The summed E-state index contributed by atoms with van der Waals surface area (Å²) in [6.45, 7) is 6.33. The van der Waals surface area contributed by atoms with E-state index in [0.717, 1.165) is 38.4 Å². The van der Waals surface area contributed by atoms with Crippen LogP contribution in [0.2, 0.25) is 10.0 Å². The molecule has 1 saturated heterocycles. The lowest BCUT2D eigenvalue weighted by atomic mass is 9.94. The highest BCUT2D eigenvalue weighted by molar-refractivity contribution is 6.39. The first-order valence-corrected chi connectivity index (χ1v) is 13.0. The van der Waals surface area contributed by atoms with Crippen LogP contribution < -0.4 is 16.4 Å². The minimum atomic E-state index is -4.45. The van der Waals surface area contributed by atoms with Crippen molar-refractivity contribution in [1.29, 1.82) is 0 Å². The van der Waals surface area contributed by atoms with Crippen LogP contribution in [0.15, 0.2) is 59.9 Å². The van der Waals surface area contributed by atoms with Crippen LogP contribution >= 0.6 is 23.2 Å². The normalized spacial score (nSPS) is 14.8. The van der Waals surface area contributed by atoms with Crippen molar-refractivity contribution < 1.29 is 13.2 Å². The number of benzene rings is 2. The van der Waals surface area contributed by atoms with E-state index in [9.17, 15) is 13.2 Å². The Balaban J connectivity index is 1.55. The van der Waals surface area contributed by atoms with Crippen LogP contribution in [0.25, 0.3) is 11.4 Å². The van der Waals surface area contributed by atoms with Gasteiger partial charge in [-0.05, 0) is 62.0 Å². The number of hydrogen-bond donors (Lipinski definition) is 3. The minimum absolute atomic E-state index is 0.0908. The van der Waals surface area contributed by atoms with Crippen LogP contribution in [-0.2, 0) is 19.3 Å². The average Bonchev–Trinajstić information content (AvgIpc) is 3.19. The molecule has 3 aromatic rings. The number of aliphatic imine (C=N–C) groups is 1. The molecule has 0 atom stereocenters. The largest absolute Gasteiger partial charge is 0.416 e. The minimum Gasteiger partial charge on any atom is -0.383 e. The molecule has 1 aliphatic rings. The first-order valence-electron chi connectivity index (χ1n) is 12.3. The summed E-state index contributed by atoms with van der Waals surface area (Å²) in [6.07, 6.45) is 0.0905. The number of hydrogen-bond acceptors (Lipinski definition) is 5. The zero-order valence-corrected chi connectivity index (χ0v) is 22.2. The molecule has 2 heterocycles. The van der Waals surface area contributed by atoms with Crippen molar-refractivity contribution in [3.05, 3.63) is 81.7 Å². The molecule has 0 radical (unpaired) electrons. The fourth-order valence-corrected chi connectivity index (χ4v) is 5.09. The Morgan fingerprint density at radius 2 is 1.84 bits per heavy atom. The molecule has 38 heavy (non-hydrogen) atoms. The summed E-state index contributed by atoms with van der Waals surface area (Å²) >= 11 is 13.0. The van der Waals surface area contributed by atoms with Crippen LogP contribution in [0.4, 0.5) is 19.0 Å². The van der Waals surface area contributed by atoms with Crippen molar-refractivity contribution in [3.8, 4) is 11.4 Å². The monoisotopic (exact) mass is 564 g/mol. The Morgan fingerprint density at radius 1 is 1.16 bits per heavy atom. The molecular formula is C27H29Cl2F3N6. The maximum Gasteiger partial charge on any atom is 0.416 e. The molecule has 4 N–H and O–H groups in total. The van der Waals surface area contributed by atoms with Gasteiger partial charge in [-0.2, -0.15) is 13.2 Å². The lowest BCUT2D eigenvalue weighted by Crippen LogP contribution is -2.28. The molecule has 1 fully saturated rings. The molecule has 0 amide bonds. The third-order valence-electron chi connectivity index (χ3n) is 6.59.